The number of carbonyl (C=O) groups excluding carboxylic acids is 1. The maximum absolute atomic E-state index is 12.7. The Bertz CT molecular complexity index is 923. The number of anilines is 4. The fourth-order valence-corrected chi connectivity index (χ4v) is 3.14. The van der Waals surface area contributed by atoms with Crippen LogP contribution in [0.15, 0.2) is 72.9 Å². The Morgan fingerprint density at radius 3 is 2.39 bits per heavy atom. The first-order valence-electron chi connectivity index (χ1n) is 9.31. The summed E-state index contributed by atoms with van der Waals surface area (Å²) in [6.45, 7) is 3.01. The number of hydrogen-bond acceptors (Lipinski definition) is 5. The smallest absolute Gasteiger partial charge is 0.274 e. The lowest BCUT2D eigenvalue weighted by molar-refractivity contribution is 0.102. The molecule has 6 nitrogen and oxygen atoms in total. The molecule has 0 aliphatic carbocycles. The molecule has 0 radical (unpaired) electrons. The number of nitrogens with one attached hydrogen (secondary N) is 2. The number of aromatic nitrogens is 1. The van der Waals surface area contributed by atoms with Crippen molar-refractivity contribution < 1.29 is 9.53 Å². The third-order valence-electron chi connectivity index (χ3n) is 4.56. The molecule has 1 aliphatic heterocycles. The first kappa shape index (κ1) is 18.0. The molecule has 6 heteroatoms. The molecule has 2 N–H and O–H groups in total. The van der Waals surface area contributed by atoms with Gasteiger partial charge in [0.25, 0.3) is 5.91 Å². The van der Waals surface area contributed by atoms with E-state index in [0.717, 1.165) is 35.8 Å². The Kier molecular flexibility index (Phi) is 5.49. The van der Waals surface area contributed by atoms with E-state index in [1.54, 1.807) is 12.3 Å². The predicted octanol–water partition coefficient (Wildman–Crippen LogP) is 3.91. The van der Waals surface area contributed by atoms with Gasteiger partial charge in [-0.3, -0.25) is 4.79 Å². The second-order valence-corrected chi connectivity index (χ2v) is 6.49. The molecule has 142 valence electrons. The Labute approximate surface area is 164 Å². The Hall–Kier alpha value is -3.38. The number of nitrogens with zero attached hydrogens (tertiary/aromatic N) is 2. The van der Waals surface area contributed by atoms with Crippen LogP contribution in [0, 0.1) is 0 Å². The zero-order chi connectivity index (χ0) is 19.2. The van der Waals surface area contributed by atoms with Gasteiger partial charge in [0, 0.05) is 18.8 Å². The Balaban J connectivity index is 1.45. The number of hydrogen-bond donors (Lipinski definition) is 2. The molecule has 4 rings (SSSR count). The largest absolute Gasteiger partial charge is 0.378 e. The number of para-hydroxylation sites is 3. The maximum Gasteiger partial charge on any atom is 0.274 e. The molecule has 0 spiro atoms. The van der Waals surface area contributed by atoms with Gasteiger partial charge in [0.15, 0.2) is 0 Å². The van der Waals surface area contributed by atoms with Crippen LogP contribution >= 0.6 is 0 Å². The second-order valence-electron chi connectivity index (χ2n) is 6.49. The van der Waals surface area contributed by atoms with Crippen LogP contribution in [0.1, 0.15) is 10.5 Å². The van der Waals surface area contributed by atoms with Crippen LogP contribution in [0.2, 0.25) is 0 Å². The van der Waals surface area contributed by atoms with E-state index in [2.05, 4.69) is 20.5 Å². The zero-order valence-electron chi connectivity index (χ0n) is 15.5. The molecule has 3 aromatic rings. The van der Waals surface area contributed by atoms with E-state index < -0.39 is 0 Å². The minimum Gasteiger partial charge on any atom is -0.378 e. The highest BCUT2D eigenvalue weighted by Crippen LogP contribution is 2.26. The fourth-order valence-electron chi connectivity index (χ4n) is 3.14. The molecular formula is C22H22N4O2. The molecule has 1 amide bonds. The zero-order valence-corrected chi connectivity index (χ0v) is 15.5. The molecule has 0 unspecified atom stereocenters. The van der Waals surface area contributed by atoms with E-state index in [1.165, 1.54) is 0 Å². The Morgan fingerprint density at radius 1 is 0.893 bits per heavy atom. The maximum atomic E-state index is 12.7. The molecular weight excluding hydrogens is 352 g/mol. The van der Waals surface area contributed by atoms with Crippen LogP contribution in [0.5, 0.6) is 0 Å². The van der Waals surface area contributed by atoms with E-state index in [-0.39, 0.29) is 5.91 Å². The van der Waals surface area contributed by atoms with Gasteiger partial charge in [-0.1, -0.05) is 30.3 Å². The second kappa shape index (κ2) is 8.54. The van der Waals surface area contributed by atoms with Crippen LogP contribution in [-0.2, 0) is 4.74 Å². The van der Waals surface area contributed by atoms with Crippen molar-refractivity contribution in [3.05, 3.63) is 78.6 Å². The van der Waals surface area contributed by atoms with Crippen LogP contribution in [-0.4, -0.2) is 37.2 Å². The summed E-state index contributed by atoms with van der Waals surface area (Å²) in [5, 5.41) is 6.25. The monoisotopic (exact) mass is 374 g/mol. The molecule has 1 aromatic heterocycles. The van der Waals surface area contributed by atoms with Gasteiger partial charge >= 0.3 is 0 Å². The fraction of sp³-hybridized carbons (Fsp3) is 0.182. The minimum absolute atomic E-state index is 0.230. The average molecular weight is 374 g/mol. The normalized spacial score (nSPS) is 13.8. The summed E-state index contributed by atoms with van der Waals surface area (Å²) in [6, 6.07) is 21.2. The van der Waals surface area contributed by atoms with Crippen molar-refractivity contribution >= 4 is 28.7 Å². The van der Waals surface area contributed by atoms with E-state index in [9.17, 15) is 4.79 Å². The van der Waals surface area contributed by atoms with Gasteiger partial charge in [0.2, 0.25) is 0 Å². The highest BCUT2D eigenvalue weighted by atomic mass is 16.5. The van der Waals surface area contributed by atoms with Crippen LogP contribution < -0.4 is 15.5 Å². The summed E-state index contributed by atoms with van der Waals surface area (Å²) >= 11 is 0. The van der Waals surface area contributed by atoms with Gasteiger partial charge in [0.05, 0.1) is 36.5 Å². The molecule has 2 heterocycles. The predicted molar refractivity (Wildman–Crippen MR) is 111 cm³/mol. The number of rotatable bonds is 5. The third-order valence-corrected chi connectivity index (χ3v) is 4.56. The van der Waals surface area contributed by atoms with Crippen LogP contribution in [0.4, 0.5) is 22.7 Å². The quantitative estimate of drug-likeness (QED) is 0.709. The first-order chi connectivity index (χ1) is 13.8. The summed E-state index contributed by atoms with van der Waals surface area (Å²) in [5.74, 6) is -0.230. The number of benzene rings is 2. The SMILES string of the molecule is O=C(Nc1ccccc1N1CCOCC1)c1ccc(Nc2ccccc2)cn1. The topological polar surface area (TPSA) is 66.5 Å². The molecule has 2 aromatic carbocycles. The van der Waals surface area contributed by atoms with E-state index >= 15 is 0 Å². The van der Waals surface area contributed by atoms with Gasteiger partial charge in [-0.15, -0.1) is 0 Å². The highest BCUT2D eigenvalue weighted by molar-refractivity contribution is 6.04. The van der Waals surface area contributed by atoms with Crippen molar-refractivity contribution in [2.45, 2.75) is 0 Å². The van der Waals surface area contributed by atoms with Crippen molar-refractivity contribution in [1.82, 2.24) is 4.98 Å². The summed E-state index contributed by atoms with van der Waals surface area (Å²) in [6.07, 6.45) is 1.66. The molecule has 28 heavy (non-hydrogen) atoms. The molecule has 0 atom stereocenters. The number of pyridine rings is 1. The summed E-state index contributed by atoms with van der Waals surface area (Å²) in [4.78, 5) is 19.2. The minimum atomic E-state index is -0.230. The van der Waals surface area contributed by atoms with Crippen LogP contribution in [0.3, 0.4) is 0 Å². The molecule has 0 bridgehead atoms. The van der Waals surface area contributed by atoms with Crippen molar-refractivity contribution in [2.75, 3.05) is 41.8 Å². The van der Waals surface area contributed by atoms with E-state index in [0.29, 0.717) is 18.9 Å². The summed E-state index contributed by atoms with van der Waals surface area (Å²) in [7, 11) is 0. The summed E-state index contributed by atoms with van der Waals surface area (Å²) in [5.41, 5.74) is 3.96. The molecule has 1 aliphatic rings. The number of carbonyl (C=O) groups is 1. The van der Waals surface area contributed by atoms with E-state index in [4.69, 9.17) is 4.74 Å². The lowest BCUT2D eigenvalue weighted by Gasteiger charge is -2.30. The van der Waals surface area contributed by atoms with Gasteiger partial charge in [-0.2, -0.15) is 0 Å². The number of morpholine rings is 1. The third kappa shape index (κ3) is 4.29. The van der Waals surface area contributed by atoms with Crippen LogP contribution in [0.25, 0.3) is 0 Å². The first-order valence-corrected chi connectivity index (χ1v) is 9.31. The lowest BCUT2D eigenvalue weighted by Crippen LogP contribution is -2.36. The van der Waals surface area contributed by atoms with Crippen molar-refractivity contribution in [3.8, 4) is 0 Å². The highest BCUT2D eigenvalue weighted by Gasteiger charge is 2.16. The summed E-state index contributed by atoms with van der Waals surface area (Å²) < 4.78 is 5.42. The van der Waals surface area contributed by atoms with E-state index in [1.807, 2.05) is 60.7 Å². The number of amides is 1. The van der Waals surface area contributed by atoms with Crippen molar-refractivity contribution in [2.24, 2.45) is 0 Å². The van der Waals surface area contributed by atoms with Gasteiger partial charge in [-0.05, 0) is 36.4 Å². The van der Waals surface area contributed by atoms with Crippen molar-refractivity contribution in [1.29, 1.82) is 0 Å². The Morgan fingerprint density at radius 2 is 1.64 bits per heavy atom. The lowest BCUT2D eigenvalue weighted by atomic mass is 10.2. The standard InChI is InChI=1S/C22H22N4O2/c27-22(20-11-10-18(16-23-20)24-17-6-2-1-3-7-17)25-19-8-4-5-9-21(19)26-12-14-28-15-13-26/h1-11,16,24H,12-15H2,(H,25,27). The molecule has 1 saturated heterocycles. The molecule has 1 fully saturated rings. The van der Waals surface area contributed by atoms with Gasteiger partial charge in [-0.25, -0.2) is 4.98 Å². The van der Waals surface area contributed by atoms with Gasteiger partial charge in [0.1, 0.15) is 5.69 Å². The average Bonchev–Trinajstić information content (AvgIpc) is 2.76. The van der Waals surface area contributed by atoms with Crippen molar-refractivity contribution in [3.63, 3.8) is 0 Å². The molecule has 0 saturated carbocycles. The number of ether oxygens (including phenoxy) is 1. The van der Waals surface area contributed by atoms with Gasteiger partial charge < -0.3 is 20.3 Å².